The summed E-state index contributed by atoms with van der Waals surface area (Å²) in [5.41, 5.74) is 0.503. The minimum absolute atomic E-state index is 0.134. The van der Waals surface area contributed by atoms with Crippen molar-refractivity contribution in [3.63, 3.8) is 0 Å². The maximum absolute atomic E-state index is 12.0. The molecule has 0 fully saturated rings. The molecule has 0 amide bonds. The van der Waals surface area contributed by atoms with Crippen LogP contribution in [0.2, 0.25) is 0 Å². The summed E-state index contributed by atoms with van der Waals surface area (Å²) in [6.45, 7) is 0.534. The van der Waals surface area contributed by atoms with Crippen molar-refractivity contribution < 1.29 is 31.5 Å². The van der Waals surface area contributed by atoms with Crippen LogP contribution in [0.5, 0.6) is 0 Å². The molecule has 0 aliphatic heterocycles. The first kappa shape index (κ1) is 20.3. The number of halogens is 3. The highest BCUT2D eigenvalue weighted by Crippen LogP contribution is 2.23. The van der Waals surface area contributed by atoms with E-state index in [4.69, 9.17) is 5.11 Å². The molecule has 2 N–H and O–H groups in total. The smallest absolute Gasteiger partial charge is 0.389 e. The predicted molar refractivity (Wildman–Crippen MR) is 84.0 cm³/mol. The topological polar surface area (TPSA) is 83.5 Å². The first-order valence-electron chi connectivity index (χ1n) is 7.60. The number of carboxylic acids is 1. The monoisotopic (exact) mass is 367 g/mol. The molecule has 24 heavy (non-hydrogen) atoms. The number of alkyl halides is 3. The summed E-state index contributed by atoms with van der Waals surface area (Å²) in [5.74, 6) is -2.41. The fourth-order valence-corrected chi connectivity index (χ4v) is 2.88. The van der Waals surface area contributed by atoms with Gasteiger partial charge in [-0.15, -0.1) is 0 Å². The standard InChI is InChI=1S/C15H20F3NO4S/c16-15(17,18)8-4-2-1-3-5-9-19-11-6-7-12(14(20)21)13(10-11)24(22)23/h6-7,10,12,19H,1-5,8-9H2,(H,20,21). The summed E-state index contributed by atoms with van der Waals surface area (Å²) in [7, 11) is -2.62. The molecule has 1 aliphatic carbocycles. The van der Waals surface area contributed by atoms with Gasteiger partial charge in [0.2, 0.25) is 10.3 Å². The number of rotatable bonds is 9. The van der Waals surface area contributed by atoms with Crippen LogP contribution in [0.25, 0.3) is 0 Å². The fourth-order valence-electron chi connectivity index (χ4n) is 2.27. The number of nitrogens with one attached hydrogen (secondary N) is 1. The van der Waals surface area contributed by atoms with E-state index in [9.17, 15) is 26.4 Å². The molecule has 0 aromatic heterocycles. The highest BCUT2D eigenvalue weighted by molar-refractivity contribution is 7.73. The summed E-state index contributed by atoms with van der Waals surface area (Å²) >= 11 is 0. The number of carbonyl (C=O) groups is 1. The Hall–Kier alpha value is -1.77. The number of allylic oxidation sites excluding steroid dienone is 2. The zero-order valence-corrected chi connectivity index (χ0v) is 13.8. The third-order valence-corrected chi connectivity index (χ3v) is 4.25. The molecule has 0 saturated carbocycles. The van der Waals surface area contributed by atoms with Gasteiger partial charge in [0.05, 0.1) is 4.86 Å². The van der Waals surface area contributed by atoms with E-state index in [-0.39, 0.29) is 11.3 Å². The van der Waals surface area contributed by atoms with Crippen molar-refractivity contribution in [3.05, 3.63) is 23.9 Å². The Bertz CT molecular complexity index is 628. The van der Waals surface area contributed by atoms with Gasteiger partial charge in [-0.2, -0.15) is 21.6 Å². The van der Waals surface area contributed by atoms with Crippen LogP contribution in [0.1, 0.15) is 38.5 Å². The molecule has 1 aliphatic rings. The minimum Gasteiger partial charge on any atom is -0.481 e. The third kappa shape index (κ3) is 7.67. The highest BCUT2D eigenvalue weighted by Gasteiger charge is 2.26. The van der Waals surface area contributed by atoms with Gasteiger partial charge in [-0.05, 0) is 25.0 Å². The SMILES string of the molecule is O=C(O)C1C=CC(NCCCCCCCC(F)(F)F)=CC1=S(=O)=O. The van der Waals surface area contributed by atoms with E-state index >= 15 is 0 Å². The van der Waals surface area contributed by atoms with Crippen molar-refractivity contribution in [2.24, 2.45) is 5.92 Å². The summed E-state index contributed by atoms with van der Waals surface area (Å²) in [6, 6.07) is 0. The highest BCUT2D eigenvalue weighted by atomic mass is 32.2. The first-order valence-corrected chi connectivity index (χ1v) is 8.67. The Morgan fingerprint density at radius 3 is 2.38 bits per heavy atom. The van der Waals surface area contributed by atoms with Crippen LogP contribution in [0.4, 0.5) is 13.2 Å². The Kier molecular flexibility index (Phi) is 8.03. The van der Waals surface area contributed by atoms with Crippen molar-refractivity contribution in [3.8, 4) is 0 Å². The van der Waals surface area contributed by atoms with Crippen LogP contribution < -0.4 is 5.32 Å². The molecular formula is C15H20F3NO4S. The first-order chi connectivity index (χ1) is 11.2. The maximum Gasteiger partial charge on any atom is 0.389 e. The van der Waals surface area contributed by atoms with Crippen molar-refractivity contribution in [2.45, 2.75) is 44.7 Å². The molecule has 0 radical (unpaired) electrons. The van der Waals surface area contributed by atoms with Crippen LogP contribution >= 0.6 is 0 Å². The number of hydrogen-bond acceptors (Lipinski definition) is 4. The molecule has 136 valence electrons. The molecule has 0 aromatic rings. The van der Waals surface area contributed by atoms with Gasteiger partial charge in [0.15, 0.2) is 0 Å². The molecule has 0 heterocycles. The van der Waals surface area contributed by atoms with Gasteiger partial charge in [0, 0.05) is 18.7 Å². The van der Waals surface area contributed by atoms with Gasteiger partial charge in [-0.1, -0.05) is 25.3 Å². The summed E-state index contributed by atoms with van der Waals surface area (Å²) in [6.07, 6.45) is 2.11. The van der Waals surface area contributed by atoms with Crippen molar-refractivity contribution in [1.82, 2.24) is 5.32 Å². The molecule has 0 aromatic carbocycles. The van der Waals surface area contributed by atoms with Crippen LogP contribution in [0.3, 0.4) is 0 Å². The zero-order valence-electron chi connectivity index (χ0n) is 13.0. The zero-order chi connectivity index (χ0) is 18.2. The van der Waals surface area contributed by atoms with Gasteiger partial charge in [-0.3, -0.25) is 4.79 Å². The second-order valence-electron chi connectivity index (χ2n) is 5.47. The lowest BCUT2D eigenvalue weighted by atomic mass is 9.99. The Balaban J connectivity index is 2.29. The van der Waals surface area contributed by atoms with E-state index in [1.54, 1.807) is 0 Å². The second-order valence-corrected chi connectivity index (χ2v) is 6.41. The van der Waals surface area contributed by atoms with Gasteiger partial charge < -0.3 is 10.4 Å². The van der Waals surface area contributed by atoms with E-state index < -0.39 is 34.8 Å². The van der Waals surface area contributed by atoms with E-state index in [0.29, 0.717) is 25.1 Å². The number of aliphatic carboxylic acids is 1. The second kappa shape index (κ2) is 9.51. The average Bonchev–Trinajstić information content (AvgIpc) is 2.48. The van der Waals surface area contributed by atoms with Crippen molar-refractivity contribution in [1.29, 1.82) is 0 Å². The number of hydrogen-bond donors (Lipinski definition) is 2. The molecule has 5 nitrogen and oxygen atoms in total. The maximum atomic E-state index is 12.0. The summed E-state index contributed by atoms with van der Waals surface area (Å²) < 4.78 is 58.0. The molecular weight excluding hydrogens is 347 g/mol. The lowest BCUT2D eigenvalue weighted by Gasteiger charge is -2.14. The van der Waals surface area contributed by atoms with Gasteiger partial charge in [-0.25, -0.2) is 0 Å². The molecule has 0 saturated heterocycles. The quantitative estimate of drug-likeness (QED) is 0.484. The molecule has 9 heteroatoms. The van der Waals surface area contributed by atoms with Crippen molar-refractivity contribution >= 4 is 21.1 Å². The summed E-state index contributed by atoms with van der Waals surface area (Å²) in [4.78, 5) is 10.7. The normalized spacial score (nSPS) is 17.5. The molecule has 0 bridgehead atoms. The summed E-state index contributed by atoms with van der Waals surface area (Å²) in [5, 5.41) is 11.9. The largest absolute Gasteiger partial charge is 0.481 e. The third-order valence-electron chi connectivity index (χ3n) is 3.50. The number of unbranched alkanes of at least 4 members (excludes halogenated alkanes) is 4. The predicted octanol–water partition coefficient (Wildman–Crippen LogP) is 2.68. The average molecular weight is 367 g/mol. The Labute approximate surface area is 139 Å². The molecule has 1 unspecified atom stereocenters. The van der Waals surface area contributed by atoms with Crippen LogP contribution in [0.15, 0.2) is 23.9 Å². The molecule has 1 rings (SSSR count). The van der Waals surface area contributed by atoms with Gasteiger partial charge in [0.1, 0.15) is 5.92 Å². The van der Waals surface area contributed by atoms with Crippen LogP contribution in [-0.4, -0.2) is 37.1 Å². The van der Waals surface area contributed by atoms with Crippen molar-refractivity contribution in [2.75, 3.05) is 6.54 Å². The lowest BCUT2D eigenvalue weighted by molar-refractivity contribution is -0.138. The lowest BCUT2D eigenvalue weighted by Crippen LogP contribution is -2.26. The molecule has 0 spiro atoms. The van der Waals surface area contributed by atoms with E-state index in [1.165, 1.54) is 18.2 Å². The van der Waals surface area contributed by atoms with E-state index in [0.717, 1.165) is 12.8 Å². The minimum atomic E-state index is -4.09. The van der Waals surface area contributed by atoms with Gasteiger partial charge >= 0.3 is 12.1 Å². The Morgan fingerprint density at radius 2 is 1.79 bits per heavy atom. The van der Waals surface area contributed by atoms with E-state index in [2.05, 4.69) is 5.32 Å². The fraction of sp³-hybridized carbons (Fsp3) is 0.600. The Morgan fingerprint density at radius 1 is 1.17 bits per heavy atom. The van der Waals surface area contributed by atoms with Crippen LogP contribution in [0, 0.1) is 5.92 Å². The number of carboxylic acid groups (broad SMARTS) is 1. The van der Waals surface area contributed by atoms with E-state index in [1.807, 2.05) is 0 Å². The van der Waals surface area contributed by atoms with Crippen LogP contribution in [-0.2, 0) is 15.1 Å². The molecule has 1 atom stereocenters. The van der Waals surface area contributed by atoms with Gasteiger partial charge in [0.25, 0.3) is 0 Å².